The molecule has 0 atom stereocenters. The Morgan fingerprint density at radius 2 is 0.970 bits per heavy atom. The van der Waals surface area contributed by atoms with E-state index in [-0.39, 0.29) is 75.1 Å². The fraction of sp³-hybridized carbons (Fsp3) is 0.447. The molecule has 356 valence electrons. The van der Waals surface area contributed by atoms with Gasteiger partial charge in [0.1, 0.15) is 26.3 Å². The number of methoxy groups -OCH3 is 1. The van der Waals surface area contributed by atoms with Crippen LogP contribution >= 0.6 is 0 Å². The minimum atomic E-state index is -0.630. The van der Waals surface area contributed by atoms with Gasteiger partial charge in [0.25, 0.3) is 22.9 Å². The molecule has 0 unspecified atom stereocenters. The zero-order valence-corrected chi connectivity index (χ0v) is 38.0. The standard InChI is InChI=1S/C47H62N8O11/c1-34-28-38-42(65-32-36-10-6-4-7-11-36)46(60)54(34)30-40(56)49-18-20-53(22-23-63-26-27-64-25-24-62-3)21-19-50-41(57)31-55-35(2)29-39(45(59)52-17-15-48-14-16-51-44(38)58)43(47(55)61)66-33-37-12-8-5-9-13-37/h4-13,28-29,48H,14-27,30-33H2,1-3H3,(H,49,56)(H,50,57)(H,51,58)(H,52,59). The second kappa shape index (κ2) is 27.2. The van der Waals surface area contributed by atoms with Gasteiger partial charge in [-0.05, 0) is 37.1 Å². The summed E-state index contributed by atoms with van der Waals surface area (Å²) in [5.41, 5.74) is 1.12. The molecule has 4 aliphatic heterocycles. The van der Waals surface area contributed by atoms with Crippen molar-refractivity contribution in [2.24, 2.45) is 0 Å². The predicted molar refractivity (Wildman–Crippen MR) is 246 cm³/mol. The Balaban J connectivity index is 1.36. The summed E-state index contributed by atoms with van der Waals surface area (Å²) in [7, 11) is 1.60. The highest BCUT2D eigenvalue weighted by molar-refractivity contribution is 5.97. The van der Waals surface area contributed by atoms with Crippen LogP contribution in [0.25, 0.3) is 0 Å². The molecule has 4 amide bonds. The Kier molecular flexibility index (Phi) is 20.8. The Hall–Kier alpha value is -6.38. The number of carbonyl (C=O) groups is 4. The number of rotatable bonds is 15. The van der Waals surface area contributed by atoms with E-state index in [0.29, 0.717) is 77.1 Å². The summed E-state index contributed by atoms with van der Waals surface area (Å²) >= 11 is 0. The minimum Gasteiger partial charge on any atom is -0.482 e. The molecule has 19 heteroatoms. The molecule has 0 aliphatic carbocycles. The van der Waals surface area contributed by atoms with Crippen molar-refractivity contribution >= 4 is 23.6 Å². The molecule has 0 fully saturated rings. The zero-order valence-electron chi connectivity index (χ0n) is 38.0. The van der Waals surface area contributed by atoms with Crippen LogP contribution in [0.15, 0.2) is 82.4 Å². The van der Waals surface area contributed by atoms with Crippen molar-refractivity contribution in [3.05, 3.63) is 127 Å². The van der Waals surface area contributed by atoms with Crippen LogP contribution in [0.5, 0.6) is 11.5 Å². The number of pyridine rings is 2. The van der Waals surface area contributed by atoms with Crippen LogP contribution in [-0.2, 0) is 50.1 Å². The van der Waals surface area contributed by atoms with Gasteiger partial charge < -0.3 is 59.4 Å². The molecule has 4 bridgehead atoms. The molecule has 8 rings (SSSR count). The topological polar surface area (TPSA) is 222 Å². The highest BCUT2D eigenvalue weighted by atomic mass is 16.5. The number of benzene rings is 2. The van der Waals surface area contributed by atoms with Gasteiger partial charge in [-0.3, -0.25) is 33.7 Å². The summed E-state index contributed by atoms with van der Waals surface area (Å²) in [5.74, 6) is -2.32. The van der Waals surface area contributed by atoms with E-state index in [4.69, 9.17) is 23.7 Å². The summed E-state index contributed by atoms with van der Waals surface area (Å²) in [5, 5.41) is 14.6. The number of ether oxygens (including phenoxy) is 5. The number of aromatic nitrogens is 2. The van der Waals surface area contributed by atoms with Crippen LogP contribution in [0.1, 0.15) is 43.2 Å². The van der Waals surface area contributed by atoms with Gasteiger partial charge in [0.15, 0.2) is 11.5 Å². The van der Waals surface area contributed by atoms with Crippen LogP contribution in [-0.4, -0.2) is 137 Å². The lowest BCUT2D eigenvalue weighted by molar-refractivity contribution is -0.122. The van der Waals surface area contributed by atoms with Crippen molar-refractivity contribution in [1.82, 2.24) is 40.6 Å². The summed E-state index contributed by atoms with van der Waals surface area (Å²) < 4.78 is 30.8. The maximum absolute atomic E-state index is 14.0. The smallest absolute Gasteiger partial charge is 0.294 e. The lowest BCUT2D eigenvalue weighted by Gasteiger charge is -2.23. The second-order valence-electron chi connectivity index (χ2n) is 15.4. The van der Waals surface area contributed by atoms with Gasteiger partial charge in [-0.15, -0.1) is 0 Å². The van der Waals surface area contributed by atoms with Crippen LogP contribution in [0.4, 0.5) is 0 Å². The lowest BCUT2D eigenvalue weighted by atomic mass is 10.1. The number of hydrogen-bond donors (Lipinski definition) is 5. The van der Waals surface area contributed by atoms with Crippen molar-refractivity contribution < 1.29 is 42.9 Å². The molecule has 6 heterocycles. The van der Waals surface area contributed by atoms with Gasteiger partial charge in [-0.2, -0.15) is 0 Å². The van der Waals surface area contributed by atoms with Crippen molar-refractivity contribution in [1.29, 1.82) is 0 Å². The van der Waals surface area contributed by atoms with E-state index in [1.165, 1.54) is 21.3 Å². The SMILES string of the molecule is COCCOCCOCCN1CCNC(=O)Cn2c(C)cc(c(OCc3ccccc3)c2=O)C(=O)NCCNCCNC(=O)c2cc(C)n(c(=O)c2OCc2ccccc2)CC(=O)NCC1. The van der Waals surface area contributed by atoms with E-state index in [9.17, 15) is 28.8 Å². The molecule has 4 aliphatic rings. The van der Waals surface area contributed by atoms with E-state index < -0.39 is 34.7 Å². The monoisotopic (exact) mass is 914 g/mol. The fourth-order valence-electron chi connectivity index (χ4n) is 6.91. The first kappa shape index (κ1) is 50.6. The third-order valence-corrected chi connectivity index (χ3v) is 10.5. The number of amides is 4. The number of carbonyl (C=O) groups excluding carboxylic acids is 4. The van der Waals surface area contributed by atoms with E-state index in [1.807, 2.05) is 65.6 Å². The Bertz CT molecular complexity index is 2170. The quantitative estimate of drug-likeness (QED) is 0.104. The Morgan fingerprint density at radius 3 is 1.42 bits per heavy atom. The summed E-state index contributed by atoms with van der Waals surface area (Å²) in [4.78, 5) is 83.9. The maximum Gasteiger partial charge on any atom is 0.294 e. The minimum absolute atomic E-state index is 0.0130. The van der Waals surface area contributed by atoms with Crippen molar-refractivity contribution in [3.63, 3.8) is 0 Å². The van der Waals surface area contributed by atoms with Gasteiger partial charge in [-0.25, -0.2) is 0 Å². The Labute approximate surface area is 384 Å². The first-order chi connectivity index (χ1) is 32.0. The van der Waals surface area contributed by atoms with Gasteiger partial charge in [-0.1, -0.05) is 60.7 Å². The van der Waals surface area contributed by atoms with Crippen LogP contribution in [0.2, 0.25) is 0 Å². The molecular formula is C47H62N8O11. The highest BCUT2D eigenvalue weighted by Crippen LogP contribution is 2.19. The average molecular weight is 915 g/mol. The predicted octanol–water partition coefficient (Wildman–Crippen LogP) is 0.762. The zero-order chi connectivity index (χ0) is 47.1. The molecule has 0 radical (unpaired) electrons. The largest absolute Gasteiger partial charge is 0.482 e. The van der Waals surface area contributed by atoms with Crippen molar-refractivity contribution in [3.8, 4) is 11.5 Å². The average Bonchev–Trinajstić information content (AvgIpc) is 3.31. The lowest BCUT2D eigenvalue weighted by Crippen LogP contribution is -2.43. The molecule has 19 nitrogen and oxygen atoms in total. The van der Waals surface area contributed by atoms with E-state index >= 15 is 0 Å². The first-order valence-electron chi connectivity index (χ1n) is 22.0. The summed E-state index contributed by atoms with van der Waals surface area (Å²) in [6, 6.07) is 21.4. The van der Waals surface area contributed by atoms with Gasteiger partial charge >= 0.3 is 0 Å². The molecule has 4 aromatic rings. The molecule has 2 aromatic heterocycles. The van der Waals surface area contributed by atoms with Gasteiger partial charge in [0, 0.05) is 77.4 Å². The van der Waals surface area contributed by atoms with E-state index in [2.05, 4.69) is 26.6 Å². The summed E-state index contributed by atoms with van der Waals surface area (Å²) in [6.45, 7) is 7.24. The first-order valence-corrected chi connectivity index (χ1v) is 22.0. The second-order valence-corrected chi connectivity index (χ2v) is 15.4. The van der Waals surface area contributed by atoms with E-state index in [0.717, 1.165) is 11.1 Å². The summed E-state index contributed by atoms with van der Waals surface area (Å²) in [6.07, 6.45) is 0. The van der Waals surface area contributed by atoms with Crippen molar-refractivity contribution in [2.45, 2.75) is 40.2 Å². The normalized spacial score (nSPS) is 15.3. The molecule has 2 aromatic carbocycles. The Morgan fingerprint density at radius 1 is 0.530 bits per heavy atom. The van der Waals surface area contributed by atoms with Crippen molar-refractivity contribution in [2.75, 3.05) is 99.0 Å². The molecule has 0 spiro atoms. The molecule has 0 saturated heterocycles. The van der Waals surface area contributed by atoms with Crippen LogP contribution in [0, 0.1) is 13.8 Å². The highest BCUT2D eigenvalue weighted by Gasteiger charge is 2.23. The third-order valence-electron chi connectivity index (χ3n) is 10.5. The van der Waals surface area contributed by atoms with E-state index in [1.54, 1.807) is 21.0 Å². The fourth-order valence-corrected chi connectivity index (χ4v) is 6.91. The van der Waals surface area contributed by atoms with Gasteiger partial charge in [0.2, 0.25) is 11.8 Å². The number of nitrogens with zero attached hydrogens (tertiary/aromatic N) is 3. The number of nitrogens with one attached hydrogen (secondary N) is 5. The maximum atomic E-state index is 14.0. The van der Waals surface area contributed by atoms with Gasteiger partial charge in [0.05, 0.1) is 44.2 Å². The molecule has 5 N–H and O–H groups in total. The molecule has 66 heavy (non-hydrogen) atoms. The molecular weight excluding hydrogens is 853 g/mol. The van der Waals surface area contributed by atoms with Crippen LogP contribution in [0.3, 0.4) is 0 Å². The number of hydrogen-bond acceptors (Lipinski definition) is 13. The number of aryl methyl sites for hydroxylation is 2. The van der Waals surface area contributed by atoms with Crippen LogP contribution < -0.4 is 47.2 Å². The molecule has 0 saturated carbocycles. The third kappa shape index (κ3) is 15.9.